The van der Waals surface area contributed by atoms with Crippen molar-refractivity contribution < 1.29 is 18.0 Å². The summed E-state index contributed by atoms with van der Waals surface area (Å²) >= 11 is 0. The number of hydrogen-bond donors (Lipinski definition) is 2. The first-order valence-corrected chi connectivity index (χ1v) is 11.6. The number of fused-ring (bicyclic) bond motifs is 1. The highest BCUT2D eigenvalue weighted by Crippen LogP contribution is 2.29. The SMILES string of the molecule is CC(=O)Nc1ccc(-c2ccc(S(=O)(=O)NC3CC4CCCCN4C3=O)cc2)cc1. The van der Waals surface area contributed by atoms with Gasteiger partial charge in [0, 0.05) is 25.2 Å². The lowest BCUT2D eigenvalue weighted by Crippen LogP contribution is -2.43. The molecule has 158 valence electrons. The first-order valence-electron chi connectivity index (χ1n) is 10.1. The van der Waals surface area contributed by atoms with Crippen LogP contribution in [0.5, 0.6) is 0 Å². The number of nitrogens with one attached hydrogen (secondary N) is 2. The van der Waals surface area contributed by atoms with Crippen molar-refractivity contribution >= 4 is 27.5 Å². The molecule has 7 nitrogen and oxygen atoms in total. The van der Waals surface area contributed by atoms with Gasteiger partial charge >= 0.3 is 0 Å². The van der Waals surface area contributed by atoms with Crippen LogP contribution in [0.25, 0.3) is 11.1 Å². The zero-order valence-electron chi connectivity index (χ0n) is 16.8. The van der Waals surface area contributed by atoms with E-state index in [1.807, 2.05) is 17.0 Å². The molecule has 4 rings (SSSR count). The Morgan fingerprint density at radius 2 is 1.63 bits per heavy atom. The molecule has 2 fully saturated rings. The summed E-state index contributed by atoms with van der Waals surface area (Å²) in [5, 5.41) is 2.71. The summed E-state index contributed by atoms with van der Waals surface area (Å²) in [6.45, 7) is 2.17. The lowest BCUT2D eigenvalue weighted by Gasteiger charge is -2.29. The molecule has 0 bridgehead atoms. The zero-order valence-corrected chi connectivity index (χ0v) is 17.6. The molecule has 2 aromatic rings. The van der Waals surface area contributed by atoms with E-state index in [1.54, 1.807) is 36.4 Å². The van der Waals surface area contributed by atoms with E-state index in [2.05, 4.69) is 10.0 Å². The lowest BCUT2D eigenvalue weighted by molar-refractivity contribution is -0.131. The second-order valence-corrected chi connectivity index (χ2v) is 9.59. The molecule has 2 aromatic carbocycles. The molecule has 2 unspecified atom stereocenters. The molecule has 0 aromatic heterocycles. The number of carbonyl (C=O) groups excluding carboxylic acids is 2. The molecule has 30 heavy (non-hydrogen) atoms. The van der Waals surface area contributed by atoms with E-state index in [9.17, 15) is 18.0 Å². The smallest absolute Gasteiger partial charge is 0.241 e. The number of sulfonamides is 1. The van der Waals surface area contributed by atoms with Gasteiger partial charge in [-0.1, -0.05) is 24.3 Å². The van der Waals surface area contributed by atoms with Crippen molar-refractivity contribution in [3.05, 3.63) is 48.5 Å². The van der Waals surface area contributed by atoms with Crippen molar-refractivity contribution in [2.45, 2.75) is 49.6 Å². The Morgan fingerprint density at radius 1 is 1.00 bits per heavy atom. The van der Waals surface area contributed by atoms with Crippen molar-refractivity contribution in [2.75, 3.05) is 11.9 Å². The first-order chi connectivity index (χ1) is 14.3. The van der Waals surface area contributed by atoms with Crippen LogP contribution in [0.1, 0.15) is 32.6 Å². The van der Waals surface area contributed by atoms with Crippen LogP contribution in [-0.2, 0) is 19.6 Å². The predicted molar refractivity (Wildman–Crippen MR) is 114 cm³/mol. The van der Waals surface area contributed by atoms with Crippen LogP contribution in [0.4, 0.5) is 5.69 Å². The second-order valence-electron chi connectivity index (χ2n) is 7.87. The Bertz CT molecular complexity index is 1050. The third-order valence-corrected chi connectivity index (χ3v) is 7.20. The highest BCUT2D eigenvalue weighted by molar-refractivity contribution is 7.89. The maximum atomic E-state index is 12.8. The van der Waals surface area contributed by atoms with Crippen LogP contribution in [0.15, 0.2) is 53.4 Å². The molecule has 2 aliphatic rings. The fourth-order valence-corrected chi connectivity index (χ4v) is 5.44. The van der Waals surface area contributed by atoms with Crippen molar-refractivity contribution in [3.8, 4) is 11.1 Å². The zero-order chi connectivity index (χ0) is 21.3. The van der Waals surface area contributed by atoms with E-state index in [1.165, 1.54) is 6.92 Å². The van der Waals surface area contributed by atoms with Gasteiger partial charge in [0.1, 0.15) is 6.04 Å². The van der Waals surface area contributed by atoms with E-state index < -0.39 is 16.1 Å². The summed E-state index contributed by atoms with van der Waals surface area (Å²) in [6, 6.07) is 13.4. The van der Waals surface area contributed by atoms with Gasteiger partial charge in [-0.15, -0.1) is 0 Å². The number of nitrogens with zero attached hydrogens (tertiary/aromatic N) is 1. The summed E-state index contributed by atoms with van der Waals surface area (Å²) in [4.78, 5) is 25.6. The quantitative estimate of drug-likeness (QED) is 0.767. The van der Waals surface area contributed by atoms with Crippen molar-refractivity contribution in [3.63, 3.8) is 0 Å². The number of carbonyl (C=O) groups is 2. The third-order valence-electron chi connectivity index (χ3n) is 5.72. The van der Waals surface area contributed by atoms with Crippen LogP contribution >= 0.6 is 0 Å². The van der Waals surface area contributed by atoms with E-state index in [4.69, 9.17) is 0 Å². The molecule has 8 heteroatoms. The molecule has 0 radical (unpaired) electrons. The fraction of sp³-hybridized carbons (Fsp3) is 0.364. The summed E-state index contributed by atoms with van der Waals surface area (Å²) in [5.41, 5.74) is 2.47. The van der Waals surface area contributed by atoms with Crippen molar-refractivity contribution in [1.82, 2.24) is 9.62 Å². The van der Waals surface area contributed by atoms with E-state index in [0.29, 0.717) is 12.1 Å². The highest BCUT2D eigenvalue weighted by atomic mass is 32.2. The minimum absolute atomic E-state index is 0.112. The predicted octanol–water partition coefficient (Wildman–Crippen LogP) is 2.74. The van der Waals surface area contributed by atoms with Gasteiger partial charge in [-0.3, -0.25) is 9.59 Å². The molecule has 0 spiro atoms. The van der Waals surface area contributed by atoms with Crippen molar-refractivity contribution in [2.24, 2.45) is 0 Å². The molecule has 0 saturated carbocycles. The Morgan fingerprint density at radius 3 is 2.23 bits per heavy atom. The van der Waals surface area contributed by atoms with Crippen molar-refractivity contribution in [1.29, 1.82) is 0 Å². The van der Waals surface area contributed by atoms with Gasteiger partial charge in [-0.25, -0.2) is 8.42 Å². The van der Waals surface area contributed by atoms with Crippen LogP contribution in [-0.4, -0.2) is 43.8 Å². The maximum Gasteiger partial charge on any atom is 0.241 e. The number of hydrogen-bond acceptors (Lipinski definition) is 4. The van der Waals surface area contributed by atoms with Gasteiger partial charge in [0.05, 0.1) is 4.90 Å². The second kappa shape index (κ2) is 8.20. The summed E-state index contributed by atoms with van der Waals surface area (Å²) in [6.07, 6.45) is 3.55. The molecular weight excluding hydrogens is 402 g/mol. The lowest BCUT2D eigenvalue weighted by atomic mass is 10.0. The number of benzene rings is 2. The highest BCUT2D eigenvalue weighted by Gasteiger charge is 2.42. The molecule has 0 aliphatic carbocycles. The fourth-order valence-electron chi connectivity index (χ4n) is 4.24. The molecule has 2 heterocycles. The maximum absolute atomic E-state index is 12.8. The van der Waals surface area contributed by atoms with Crippen LogP contribution in [0, 0.1) is 0 Å². The molecular formula is C22H25N3O4S. The van der Waals surface area contributed by atoms with Crippen LogP contribution < -0.4 is 10.0 Å². The number of piperidine rings is 1. The Balaban J connectivity index is 1.46. The first kappa shape index (κ1) is 20.6. The third kappa shape index (κ3) is 4.24. The van der Waals surface area contributed by atoms with Crippen LogP contribution in [0.2, 0.25) is 0 Å². The normalized spacial score (nSPS) is 21.4. The minimum Gasteiger partial charge on any atom is -0.338 e. The molecule has 2 amide bonds. The van der Waals surface area contributed by atoms with E-state index in [-0.39, 0.29) is 22.8 Å². The van der Waals surface area contributed by atoms with Gasteiger partial charge in [0.2, 0.25) is 21.8 Å². The van der Waals surface area contributed by atoms with Gasteiger partial charge in [0.15, 0.2) is 0 Å². The van der Waals surface area contributed by atoms with E-state index in [0.717, 1.165) is 36.9 Å². The topological polar surface area (TPSA) is 95.6 Å². The van der Waals surface area contributed by atoms with E-state index >= 15 is 0 Å². The molecule has 2 atom stereocenters. The largest absolute Gasteiger partial charge is 0.338 e. The average Bonchev–Trinajstić information content (AvgIpc) is 3.03. The Hall–Kier alpha value is -2.71. The van der Waals surface area contributed by atoms with Crippen LogP contribution in [0.3, 0.4) is 0 Å². The number of amides is 2. The van der Waals surface area contributed by atoms with Gasteiger partial charge in [-0.2, -0.15) is 4.72 Å². The number of rotatable bonds is 5. The standard InChI is InChI=1S/C22H25N3O4S/c1-15(26)23-18-9-5-16(6-10-18)17-7-11-20(12-8-17)30(28,29)24-21-14-19-4-2-3-13-25(19)22(21)27/h5-12,19,21,24H,2-4,13-14H2,1H3,(H,23,26). The minimum atomic E-state index is -3.78. The Labute approximate surface area is 176 Å². The Kier molecular flexibility index (Phi) is 5.62. The van der Waals surface area contributed by atoms with Gasteiger partial charge < -0.3 is 10.2 Å². The average molecular weight is 428 g/mol. The summed E-state index contributed by atoms with van der Waals surface area (Å²) < 4.78 is 28.2. The number of anilines is 1. The van der Waals surface area contributed by atoms with Gasteiger partial charge in [-0.05, 0) is 61.1 Å². The summed E-state index contributed by atoms with van der Waals surface area (Å²) in [5.74, 6) is -0.249. The summed E-state index contributed by atoms with van der Waals surface area (Å²) in [7, 11) is -3.78. The monoisotopic (exact) mass is 427 g/mol. The van der Waals surface area contributed by atoms with Gasteiger partial charge in [0.25, 0.3) is 0 Å². The molecule has 2 N–H and O–H groups in total. The molecule has 2 aliphatic heterocycles. The molecule has 2 saturated heterocycles.